The second-order valence-electron chi connectivity index (χ2n) is 6.69. The molecule has 0 aromatic heterocycles. The maximum atomic E-state index is 11.8. The Balaban J connectivity index is 1.74. The van der Waals surface area contributed by atoms with Crippen molar-refractivity contribution in [2.45, 2.75) is 57.7 Å². The molecule has 0 spiro atoms. The van der Waals surface area contributed by atoms with E-state index in [4.69, 9.17) is 4.74 Å². The fourth-order valence-corrected chi connectivity index (χ4v) is 2.42. The van der Waals surface area contributed by atoms with E-state index in [1.54, 1.807) is 0 Å². The van der Waals surface area contributed by atoms with Crippen LogP contribution in [-0.4, -0.2) is 43.4 Å². The van der Waals surface area contributed by atoms with Crippen LogP contribution in [0.1, 0.15) is 40.0 Å². The molecule has 1 heterocycles. The third kappa shape index (κ3) is 5.37. The first kappa shape index (κ1) is 14.6. The highest BCUT2D eigenvalue weighted by Crippen LogP contribution is 2.32. The summed E-state index contributed by atoms with van der Waals surface area (Å²) >= 11 is 0. The molecular weight excluding hydrogens is 242 g/mol. The average Bonchev–Trinajstić information content (AvgIpc) is 2.99. The average molecular weight is 269 g/mol. The van der Waals surface area contributed by atoms with Crippen LogP contribution in [0.5, 0.6) is 0 Å². The molecule has 2 unspecified atom stereocenters. The van der Waals surface area contributed by atoms with Crippen LogP contribution in [0.4, 0.5) is 4.79 Å². The fraction of sp³-hybridized carbons (Fsp3) is 0.929. The molecular formula is C14H27N3O2. The lowest BCUT2D eigenvalue weighted by Crippen LogP contribution is -2.47. The van der Waals surface area contributed by atoms with Gasteiger partial charge in [0.25, 0.3) is 0 Å². The van der Waals surface area contributed by atoms with Crippen LogP contribution >= 0.6 is 0 Å². The van der Waals surface area contributed by atoms with Gasteiger partial charge >= 0.3 is 6.09 Å². The number of carbonyl (C=O) groups is 1. The smallest absolute Gasteiger partial charge is 0.407 e. The summed E-state index contributed by atoms with van der Waals surface area (Å²) in [4.78, 5) is 11.8. The summed E-state index contributed by atoms with van der Waals surface area (Å²) in [5.74, 6) is 0.620. The van der Waals surface area contributed by atoms with Gasteiger partial charge in [-0.15, -0.1) is 0 Å². The number of amides is 1. The molecule has 5 nitrogen and oxygen atoms in total. The minimum atomic E-state index is -0.430. The lowest BCUT2D eigenvalue weighted by Gasteiger charge is -2.24. The zero-order valence-corrected chi connectivity index (χ0v) is 12.3. The monoisotopic (exact) mass is 269 g/mol. The maximum absolute atomic E-state index is 11.8. The highest BCUT2D eigenvalue weighted by molar-refractivity contribution is 5.68. The molecule has 2 fully saturated rings. The minimum absolute atomic E-state index is 0.204. The summed E-state index contributed by atoms with van der Waals surface area (Å²) in [6.45, 7) is 8.63. The third-order valence-electron chi connectivity index (χ3n) is 3.58. The van der Waals surface area contributed by atoms with Crippen molar-refractivity contribution in [2.24, 2.45) is 5.92 Å². The van der Waals surface area contributed by atoms with Crippen LogP contribution in [0.25, 0.3) is 0 Å². The number of nitrogens with one attached hydrogen (secondary N) is 3. The molecule has 3 N–H and O–H groups in total. The van der Waals surface area contributed by atoms with Gasteiger partial charge < -0.3 is 20.7 Å². The third-order valence-corrected chi connectivity index (χ3v) is 3.58. The lowest BCUT2D eigenvalue weighted by molar-refractivity contribution is 0.0497. The molecule has 2 atom stereocenters. The molecule has 5 heteroatoms. The van der Waals surface area contributed by atoms with Gasteiger partial charge in [0.05, 0.1) is 0 Å². The van der Waals surface area contributed by atoms with Crippen molar-refractivity contribution in [3.05, 3.63) is 0 Å². The molecule has 19 heavy (non-hydrogen) atoms. The number of ether oxygens (including phenoxy) is 1. The molecule has 1 saturated heterocycles. The van der Waals surface area contributed by atoms with Gasteiger partial charge in [0.15, 0.2) is 0 Å². The van der Waals surface area contributed by atoms with Crippen LogP contribution in [0, 0.1) is 5.92 Å². The predicted octanol–water partition coefficient (Wildman–Crippen LogP) is 1.24. The number of carbonyl (C=O) groups excluding carboxylic acids is 1. The van der Waals surface area contributed by atoms with Crippen LogP contribution in [0.2, 0.25) is 0 Å². The first-order valence-corrected chi connectivity index (χ1v) is 7.37. The Morgan fingerprint density at radius 3 is 2.63 bits per heavy atom. The summed E-state index contributed by atoms with van der Waals surface area (Å²) in [5.41, 5.74) is -0.430. The summed E-state index contributed by atoms with van der Waals surface area (Å²) in [6, 6.07) is 0.747. The Bertz CT molecular complexity index is 304. The fourth-order valence-electron chi connectivity index (χ4n) is 2.42. The van der Waals surface area contributed by atoms with Crippen molar-refractivity contribution < 1.29 is 9.53 Å². The lowest BCUT2D eigenvalue weighted by atomic mass is 10.1. The van der Waals surface area contributed by atoms with Crippen molar-refractivity contribution in [1.82, 2.24) is 16.0 Å². The van der Waals surface area contributed by atoms with E-state index in [1.807, 2.05) is 20.8 Å². The van der Waals surface area contributed by atoms with E-state index in [-0.39, 0.29) is 12.1 Å². The van der Waals surface area contributed by atoms with Crippen molar-refractivity contribution in [3.63, 3.8) is 0 Å². The van der Waals surface area contributed by atoms with E-state index in [1.165, 1.54) is 19.3 Å². The van der Waals surface area contributed by atoms with E-state index >= 15 is 0 Å². The van der Waals surface area contributed by atoms with Crippen LogP contribution < -0.4 is 16.0 Å². The molecule has 2 aliphatic rings. The zero-order valence-electron chi connectivity index (χ0n) is 12.3. The molecule has 0 bridgehead atoms. The van der Waals surface area contributed by atoms with Gasteiger partial charge in [-0.1, -0.05) is 0 Å². The van der Waals surface area contributed by atoms with E-state index in [0.29, 0.717) is 12.0 Å². The molecule has 110 valence electrons. The van der Waals surface area contributed by atoms with Crippen molar-refractivity contribution >= 4 is 6.09 Å². The van der Waals surface area contributed by atoms with Gasteiger partial charge in [0, 0.05) is 25.2 Å². The molecule has 0 aromatic rings. The van der Waals surface area contributed by atoms with E-state index < -0.39 is 5.60 Å². The van der Waals surface area contributed by atoms with Crippen LogP contribution in [-0.2, 0) is 4.74 Å². The molecule has 2 rings (SSSR count). The van der Waals surface area contributed by atoms with Gasteiger partial charge in [-0.25, -0.2) is 4.79 Å². The highest BCUT2D eigenvalue weighted by Gasteiger charge is 2.33. The Labute approximate surface area is 115 Å². The van der Waals surface area contributed by atoms with E-state index in [2.05, 4.69) is 16.0 Å². The van der Waals surface area contributed by atoms with Gasteiger partial charge in [0.1, 0.15) is 5.60 Å². The maximum Gasteiger partial charge on any atom is 0.407 e. The van der Waals surface area contributed by atoms with Crippen LogP contribution in [0.3, 0.4) is 0 Å². The van der Waals surface area contributed by atoms with Crippen molar-refractivity contribution in [1.29, 1.82) is 0 Å². The SMILES string of the molecule is CC(C)(C)OC(=O)NC(CNC1CCNC1)C1CC1. The summed E-state index contributed by atoms with van der Waals surface area (Å²) in [5, 5.41) is 9.89. The van der Waals surface area contributed by atoms with Gasteiger partial charge in [-0.2, -0.15) is 0 Å². The highest BCUT2D eigenvalue weighted by atomic mass is 16.6. The molecule has 1 amide bonds. The first-order valence-electron chi connectivity index (χ1n) is 7.37. The normalized spacial score (nSPS) is 25.1. The second kappa shape index (κ2) is 6.09. The molecule has 1 aliphatic heterocycles. The Morgan fingerprint density at radius 2 is 2.11 bits per heavy atom. The molecule has 1 aliphatic carbocycles. The Hall–Kier alpha value is -0.810. The van der Waals surface area contributed by atoms with Gasteiger partial charge in [-0.05, 0) is 52.5 Å². The number of hydrogen-bond acceptors (Lipinski definition) is 4. The number of hydrogen-bond donors (Lipinski definition) is 3. The largest absolute Gasteiger partial charge is 0.444 e. The topological polar surface area (TPSA) is 62.4 Å². The van der Waals surface area contributed by atoms with Crippen molar-refractivity contribution in [2.75, 3.05) is 19.6 Å². The quantitative estimate of drug-likeness (QED) is 0.703. The minimum Gasteiger partial charge on any atom is -0.444 e. The predicted molar refractivity (Wildman–Crippen MR) is 75.2 cm³/mol. The Kier molecular flexibility index (Phi) is 4.68. The Morgan fingerprint density at radius 1 is 1.37 bits per heavy atom. The molecule has 1 saturated carbocycles. The summed E-state index contributed by atoms with van der Waals surface area (Å²) in [7, 11) is 0. The zero-order chi connectivity index (χ0) is 13.9. The second-order valence-corrected chi connectivity index (χ2v) is 6.69. The number of alkyl carbamates (subject to hydrolysis) is 1. The van der Waals surface area contributed by atoms with Crippen LogP contribution in [0.15, 0.2) is 0 Å². The standard InChI is InChI=1S/C14H27N3O2/c1-14(2,3)19-13(18)17-12(10-4-5-10)9-16-11-6-7-15-8-11/h10-12,15-16H,4-9H2,1-3H3,(H,17,18). The molecule has 0 aromatic carbocycles. The summed E-state index contributed by atoms with van der Waals surface area (Å²) in [6.07, 6.45) is 3.30. The van der Waals surface area contributed by atoms with E-state index in [9.17, 15) is 4.79 Å². The van der Waals surface area contributed by atoms with Crippen molar-refractivity contribution in [3.8, 4) is 0 Å². The van der Waals surface area contributed by atoms with Gasteiger partial charge in [-0.3, -0.25) is 0 Å². The van der Waals surface area contributed by atoms with Gasteiger partial charge in [0.2, 0.25) is 0 Å². The summed E-state index contributed by atoms with van der Waals surface area (Å²) < 4.78 is 5.33. The molecule has 0 radical (unpaired) electrons. The van der Waals surface area contributed by atoms with E-state index in [0.717, 1.165) is 19.6 Å². The first-order chi connectivity index (χ1) is 8.94. The number of rotatable bonds is 5.